The Morgan fingerprint density at radius 2 is 1.69 bits per heavy atom. The van der Waals surface area contributed by atoms with Gasteiger partial charge in [-0.15, -0.1) is 0 Å². The summed E-state index contributed by atoms with van der Waals surface area (Å²) in [6.45, 7) is 1.02. The zero-order valence-electron chi connectivity index (χ0n) is 14.1. The molecule has 3 N–H and O–H groups in total. The highest BCUT2D eigenvalue weighted by molar-refractivity contribution is 6.01. The Kier molecular flexibility index (Phi) is 6.44. The molecule has 1 heterocycles. The molecular weight excluding hydrogens is 336 g/mol. The number of carbonyl (C=O) groups excluding carboxylic acids is 3. The van der Waals surface area contributed by atoms with Crippen LogP contribution >= 0.6 is 0 Å². The van der Waals surface area contributed by atoms with Gasteiger partial charge in [-0.05, 0) is 17.7 Å². The summed E-state index contributed by atoms with van der Waals surface area (Å²) in [5.41, 5.74) is 4.76. The molecule has 1 aromatic heterocycles. The van der Waals surface area contributed by atoms with Crippen molar-refractivity contribution in [3.63, 3.8) is 0 Å². The van der Waals surface area contributed by atoms with E-state index in [2.05, 4.69) is 16.2 Å². The molecule has 0 spiro atoms. The molecule has 3 amide bonds. The molecule has 8 nitrogen and oxygen atoms in total. The first-order chi connectivity index (χ1) is 12.5. The van der Waals surface area contributed by atoms with Crippen molar-refractivity contribution in [3.05, 3.63) is 76.3 Å². The first-order valence-electron chi connectivity index (χ1n) is 7.74. The number of carbonyl (C=O) groups is 3. The molecule has 8 heteroatoms. The third kappa shape index (κ3) is 5.75. The zero-order chi connectivity index (χ0) is 18.9. The second-order valence-corrected chi connectivity index (χ2v) is 5.32. The molecule has 134 valence electrons. The standard InChI is InChI=1S/C18H18N4O4/c1-13(23)19-15(11-14-7-3-2-4-8-14)18(26)21-20-16(24)12-22-10-6-5-9-17(22)25/h2-11H,12H2,1H3,(H,19,23)(H,20,24)(H,21,26)/b15-11-. The van der Waals surface area contributed by atoms with E-state index in [1.165, 1.54) is 29.8 Å². The van der Waals surface area contributed by atoms with Crippen molar-refractivity contribution < 1.29 is 14.4 Å². The average molecular weight is 354 g/mol. The van der Waals surface area contributed by atoms with Crippen molar-refractivity contribution >= 4 is 23.8 Å². The molecule has 0 aliphatic heterocycles. The number of rotatable bonds is 5. The minimum absolute atomic E-state index is 0.0270. The highest BCUT2D eigenvalue weighted by Gasteiger charge is 2.12. The molecule has 0 aliphatic rings. The molecule has 2 rings (SSSR count). The van der Waals surface area contributed by atoms with Gasteiger partial charge in [-0.1, -0.05) is 36.4 Å². The number of benzene rings is 1. The lowest BCUT2D eigenvalue weighted by atomic mass is 10.2. The quantitative estimate of drug-likeness (QED) is 0.525. The van der Waals surface area contributed by atoms with E-state index in [0.717, 1.165) is 0 Å². The maximum absolute atomic E-state index is 12.2. The monoisotopic (exact) mass is 354 g/mol. The van der Waals surface area contributed by atoms with Crippen LogP contribution in [0, 0.1) is 0 Å². The summed E-state index contributed by atoms with van der Waals surface area (Å²) in [5.74, 6) is -1.71. The number of hydrazine groups is 1. The second-order valence-electron chi connectivity index (χ2n) is 5.32. The molecule has 1 aromatic carbocycles. The number of hydrogen-bond acceptors (Lipinski definition) is 4. The maximum atomic E-state index is 12.2. The van der Waals surface area contributed by atoms with E-state index in [-0.39, 0.29) is 17.8 Å². The van der Waals surface area contributed by atoms with E-state index in [1.54, 1.807) is 36.4 Å². The number of pyridine rings is 1. The van der Waals surface area contributed by atoms with Crippen LogP contribution in [0.2, 0.25) is 0 Å². The molecule has 26 heavy (non-hydrogen) atoms. The summed E-state index contributed by atoms with van der Waals surface area (Å²) in [4.78, 5) is 47.0. The van der Waals surface area contributed by atoms with E-state index in [9.17, 15) is 19.2 Å². The summed E-state index contributed by atoms with van der Waals surface area (Å²) in [5, 5.41) is 2.41. The van der Waals surface area contributed by atoms with E-state index in [1.807, 2.05) is 6.07 Å². The van der Waals surface area contributed by atoms with Gasteiger partial charge >= 0.3 is 0 Å². The molecule has 0 aliphatic carbocycles. The zero-order valence-corrected chi connectivity index (χ0v) is 14.1. The van der Waals surface area contributed by atoms with E-state index in [0.29, 0.717) is 5.56 Å². The van der Waals surface area contributed by atoms with Crippen molar-refractivity contribution in [2.75, 3.05) is 0 Å². The minimum atomic E-state index is -0.696. The van der Waals surface area contributed by atoms with Crippen LogP contribution < -0.4 is 21.7 Å². The fourth-order valence-electron chi connectivity index (χ4n) is 2.04. The smallest absolute Gasteiger partial charge is 0.286 e. The lowest BCUT2D eigenvalue weighted by molar-refractivity contribution is -0.128. The largest absolute Gasteiger partial charge is 0.322 e. The van der Waals surface area contributed by atoms with Gasteiger partial charge in [-0.2, -0.15) is 0 Å². The maximum Gasteiger partial charge on any atom is 0.286 e. The van der Waals surface area contributed by atoms with Crippen LogP contribution in [0.25, 0.3) is 6.08 Å². The summed E-state index contributed by atoms with van der Waals surface area (Å²) < 4.78 is 1.19. The van der Waals surface area contributed by atoms with Crippen LogP contribution in [-0.2, 0) is 20.9 Å². The van der Waals surface area contributed by atoms with Crippen LogP contribution in [0.15, 0.2) is 65.2 Å². The Bertz CT molecular complexity index is 887. The Hall–Kier alpha value is -3.68. The topological polar surface area (TPSA) is 109 Å². The van der Waals surface area contributed by atoms with Gasteiger partial charge in [0.25, 0.3) is 17.4 Å². The predicted molar refractivity (Wildman–Crippen MR) is 95.2 cm³/mol. The van der Waals surface area contributed by atoms with Gasteiger partial charge < -0.3 is 9.88 Å². The van der Waals surface area contributed by atoms with E-state index >= 15 is 0 Å². The Labute approximate surface area is 149 Å². The predicted octanol–water partition coefficient (Wildman–Crippen LogP) is 0.173. The van der Waals surface area contributed by atoms with Crippen LogP contribution in [0.1, 0.15) is 12.5 Å². The van der Waals surface area contributed by atoms with Crippen molar-refractivity contribution in [2.24, 2.45) is 0 Å². The van der Waals surface area contributed by atoms with Gasteiger partial charge in [0.15, 0.2) is 0 Å². The lowest BCUT2D eigenvalue weighted by Gasteiger charge is -2.11. The van der Waals surface area contributed by atoms with Gasteiger partial charge in [-0.3, -0.25) is 30.0 Å². The summed E-state index contributed by atoms with van der Waals surface area (Å²) in [7, 11) is 0. The third-order valence-corrected chi connectivity index (χ3v) is 3.19. The normalized spacial score (nSPS) is 10.7. The summed E-state index contributed by atoms with van der Waals surface area (Å²) in [6.07, 6.45) is 2.94. The molecule has 2 aromatic rings. The highest BCUT2D eigenvalue weighted by atomic mass is 16.2. The van der Waals surface area contributed by atoms with Crippen molar-refractivity contribution in [1.82, 2.24) is 20.7 Å². The van der Waals surface area contributed by atoms with Crippen molar-refractivity contribution in [2.45, 2.75) is 13.5 Å². The average Bonchev–Trinajstić information content (AvgIpc) is 2.61. The molecule has 0 bridgehead atoms. The van der Waals surface area contributed by atoms with Gasteiger partial charge in [0, 0.05) is 19.2 Å². The molecule has 0 fully saturated rings. The van der Waals surface area contributed by atoms with Gasteiger partial charge in [-0.25, -0.2) is 0 Å². The highest BCUT2D eigenvalue weighted by Crippen LogP contribution is 2.04. The lowest BCUT2D eigenvalue weighted by Crippen LogP contribution is -2.46. The van der Waals surface area contributed by atoms with Gasteiger partial charge in [0.2, 0.25) is 5.91 Å². The minimum Gasteiger partial charge on any atom is -0.322 e. The molecule has 0 saturated carbocycles. The molecule has 0 atom stereocenters. The van der Waals surface area contributed by atoms with Crippen LogP contribution in [0.4, 0.5) is 0 Å². The van der Waals surface area contributed by atoms with Crippen LogP contribution in [0.5, 0.6) is 0 Å². The first kappa shape index (κ1) is 18.7. The fraction of sp³-hybridized carbons (Fsp3) is 0.111. The molecule has 0 saturated heterocycles. The van der Waals surface area contributed by atoms with Crippen molar-refractivity contribution in [3.8, 4) is 0 Å². The van der Waals surface area contributed by atoms with E-state index < -0.39 is 17.7 Å². The summed E-state index contributed by atoms with van der Waals surface area (Å²) in [6, 6.07) is 13.4. The molecule has 0 radical (unpaired) electrons. The molecular formula is C18H18N4O4. The summed E-state index contributed by atoms with van der Waals surface area (Å²) >= 11 is 0. The Balaban J connectivity index is 2.01. The Morgan fingerprint density at radius 3 is 2.35 bits per heavy atom. The second kappa shape index (κ2) is 8.97. The van der Waals surface area contributed by atoms with Gasteiger partial charge in [0.05, 0.1) is 0 Å². The number of nitrogens with one attached hydrogen (secondary N) is 3. The number of aromatic nitrogens is 1. The number of nitrogens with zero attached hydrogens (tertiary/aromatic N) is 1. The fourth-order valence-corrected chi connectivity index (χ4v) is 2.04. The SMILES string of the molecule is CC(=O)N/C(=C\c1ccccc1)C(=O)NNC(=O)Cn1ccccc1=O. The molecule has 0 unspecified atom stereocenters. The number of amides is 3. The number of hydrogen-bond donors (Lipinski definition) is 3. The van der Waals surface area contributed by atoms with Crippen molar-refractivity contribution in [1.29, 1.82) is 0 Å². The third-order valence-electron chi connectivity index (χ3n) is 3.19. The van der Waals surface area contributed by atoms with Crippen LogP contribution in [0.3, 0.4) is 0 Å². The Morgan fingerprint density at radius 1 is 1.00 bits per heavy atom. The van der Waals surface area contributed by atoms with E-state index in [4.69, 9.17) is 0 Å². The first-order valence-corrected chi connectivity index (χ1v) is 7.74. The van der Waals surface area contributed by atoms with Crippen LogP contribution in [-0.4, -0.2) is 22.3 Å². The van der Waals surface area contributed by atoms with Gasteiger partial charge in [0.1, 0.15) is 12.2 Å².